The number of nitrogens with zero attached hydrogens (tertiary/aromatic N) is 3. The molecule has 0 atom stereocenters. The number of aryl methyl sites for hydroxylation is 1. The molecule has 0 radical (unpaired) electrons. The van der Waals surface area contributed by atoms with Gasteiger partial charge >= 0.3 is 0 Å². The minimum absolute atomic E-state index is 0.823. The molecule has 0 amide bonds. The van der Waals surface area contributed by atoms with Crippen LogP contribution in [0.25, 0.3) is 0 Å². The number of hydrogen-bond donors (Lipinski definition) is 1. The maximum atomic E-state index is 4.07. The number of pyridine rings is 1. The number of nitrogens with one attached hydrogen (secondary N) is 1. The topological polar surface area (TPSA) is 50.7 Å². The predicted molar refractivity (Wildman–Crippen MR) is 63.2 cm³/mol. The largest absolute Gasteiger partial charge is 0.368 e. The molecule has 0 saturated carbocycles. The number of aromatic nitrogens is 3. The molecule has 16 heavy (non-hydrogen) atoms. The zero-order valence-electron chi connectivity index (χ0n) is 9.22. The average Bonchev–Trinajstić information content (AvgIpc) is 2.30. The summed E-state index contributed by atoms with van der Waals surface area (Å²) in [5, 5.41) is 11.1. The zero-order valence-corrected chi connectivity index (χ0v) is 9.22. The highest BCUT2D eigenvalue weighted by atomic mass is 15.2. The van der Waals surface area contributed by atoms with Crippen LogP contribution in [0.15, 0.2) is 36.8 Å². The van der Waals surface area contributed by atoms with E-state index in [0.717, 1.165) is 24.3 Å². The van der Waals surface area contributed by atoms with Gasteiger partial charge in [0.05, 0.1) is 6.20 Å². The number of rotatable bonds is 4. The Labute approximate surface area is 94.8 Å². The summed E-state index contributed by atoms with van der Waals surface area (Å²) in [5.74, 6) is 0.823. The van der Waals surface area contributed by atoms with Gasteiger partial charge in [0.2, 0.25) is 0 Å². The Morgan fingerprint density at radius 1 is 1.31 bits per heavy atom. The van der Waals surface area contributed by atoms with E-state index in [-0.39, 0.29) is 0 Å². The molecule has 0 aliphatic rings. The first-order chi connectivity index (χ1) is 7.84. The van der Waals surface area contributed by atoms with Gasteiger partial charge in [-0.2, -0.15) is 5.10 Å². The molecular formula is C12H14N4. The van der Waals surface area contributed by atoms with Crippen molar-refractivity contribution >= 4 is 5.82 Å². The summed E-state index contributed by atoms with van der Waals surface area (Å²) in [5.41, 5.74) is 2.33. The fraction of sp³-hybridized carbons (Fsp3) is 0.250. The molecule has 0 spiro atoms. The third-order valence-electron chi connectivity index (χ3n) is 2.23. The van der Waals surface area contributed by atoms with Gasteiger partial charge in [-0.05, 0) is 36.6 Å². The maximum Gasteiger partial charge on any atom is 0.148 e. The minimum Gasteiger partial charge on any atom is -0.368 e. The monoisotopic (exact) mass is 214 g/mol. The summed E-state index contributed by atoms with van der Waals surface area (Å²) in [6.45, 7) is 2.84. The molecular weight excluding hydrogens is 200 g/mol. The smallest absolute Gasteiger partial charge is 0.148 e. The molecule has 4 nitrogen and oxygen atoms in total. The molecule has 0 aromatic carbocycles. The van der Waals surface area contributed by atoms with Gasteiger partial charge < -0.3 is 5.32 Å². The van der Waals surface area contributed by atoms with Gasteiger partial charge in [0, 0.05) is 18.9 Å². The van der Waals surface area contributed by atoms with Crippen molar-refractivity contribution in [3.63, 3.8) is 0 Å². The van der Waals surface area contributed by atoms with Crippen LogP contribution in [-0.2, 0) is 6.42 Å². The van der Waals surface area contributed by atoms with E-state index in [2.05, 4.69) is 26.6 Å². The zero-order chi connectivity index (χ0) is 11.2. The van der Waals surface area contributed by atoms with Gasteiger partial charge in [-0.1, -0.05) is 6.07 Å². The van der Waals surface area contributed by atoms with Crippen LogP contribution in [0.3, 0.4) is 0 Å². The fourth-order valence-corrected chi connectivity index (χ4v) is 1.43. The first kappa shape index (κ1) is 10.5. The first-order valence-corrected chi connectivity index (χ1v) is 5.27. The molecule has 0 unspecified atom stereocenters. The van der Waals surface area contributed by atoms with E-state index in [1.54, 1.807) is 12.4 Å². The Hall–Kier alpha value is -1.97. The van der Waals surface area contributed by atoms with Gasteiger partial charge in [0.15, 0.2) is 0 Å². The van der Waals surface area contributed by atoms with E-state index in [1.165, 1.54) is 5.56 Å². The van der Waals surface area contributed by atoms with Crippen LogP contribution >= 0.6 is 0 Å². The molecule has 2 heterocycles. The SMILES string of the molecule is Cc1cnnc(NCCc2cccnc2)c1. The maximum absolute atomic E-state index is 4.07. The molecule has 2 aromatic rings. The molecule has 0 saturated heterocycles. The Kier molecular flexibility index (Phi) is 3.43. The third-order valence-corrected chi connectivity index (χ3v) is 2.23. The molecule has 0 aliphatic carbocycles. The Morgan fingerprint density at radius 3 is 3.00 bits per heavy atom. The van der Waals surface area contributed by atoms with Crippen molar-refractivity contribution in [1.29, 1.82) is 0 Å². The van der Waals surface area contributed by atoms with Gasteiger partial charge in [-0.15, -0.1) is 5.10 Å². The number of hydrogen-bond acceptors (Lipinski definition) is 4. The molecule has 0 aliphatic heterocycles. The minimum atomic E-state index is 0.823. The van der Waals surface area contributed by atoms with Crippen LogP contribution in [0, 0.1) is 6.92 Å². The van der Waals surface area contributed by atoms with E-state index >= 15 is 0 Å². The van der Waals surface area contributed by atoms with Crippen molar-refractivity contribution in [3.8, 4) is 0 Å². The van der Waals surface area contributed by atoms with Crippen LogP contribution in [0.5, 0.6) is 0 Å². The predicted octanol–water partition coefficient (Wildman–Crippen LogP) is 1.83. The quantitative estimate of drug-likeness (QED) is 0.843. The van der Waals surface area contributed by atoms with E-state index in [9.17, 15) is 0 Å². The van der Waals surface area contributed by atoms with Crippen molar-refractivity contribution in [2.24, 2.45) is 0 Å². The van der Waals surface area contributed by atoms with Gasteiger partial charge in [-0.25, -0.2) is 0 Å². The van der Waals surface area contributed by atoms with Crippen molar-refractivity contribution < 1.29 is 0 Å². The summed E-state index contributed by atoms with van der Waals surface area (Å²) >= 11 is 0. The van der Waals surface area contributed by atoms with Crippen LogP contribution in [0.4, 0.5) is 5.82 Å². The Morgan fingerprint density at radius 2 is 2.25 bits per heavy atom. The summed E-state index contributed by atoms with van der Waals surface area (Å²) in [7, 11) is 0. The van der Waals surface area contributed by atoms with E-state index < -0.39 is 0 Å². The van der Waals surface area contributed by atoms with Crippen LogP contribution in [0.2, 0.25) is 0 Å². The molecule has 1 N–H and O–H groups in total. The second-order valence-electron chi connectivity index (χ2n) is 3.66. The van der Waals surface area contributed by atoms with E-state index in [1.807, 2.05) is 25.3 Å². The highest BCUT2D eigenvalue weighted by Crippen LogP contribution is 2.04. The normalized spacial score (nSPS) is 10.1. The van der Waals surface area contributed by atoms with E-state index in [4.69, 9.17) is 0 Å². The Bertz CT molecular complexity index is 442. The lowest BCUT2D eigenvalue weighted by atomic mass is 10.2. The highest BCUT2D eigenvalue weighted by Gasteiger charge is 1.95. The molecule has 2 rings (SSSR count). The lowest BCUT2D eigenvalue weighted by Gasteiger charge is -2.04. The molecule has 0 bridgehead atoms. The van der Waals surface area contributed by atoms with Crippen molar-refractivity contribution in [2.75, 3.05) is 11.9 Å². The first-order valence-electron chi connectivity index (χ1n) is 5.27. The summed E-state index contributed by atoms with van der Waals surface area (Å²) in [4.78, 5) is 4.07. The summed E-state index contributed by atoms with van der Waals surface area (Å²) in [6, 6.07) is 5.99. The van der Waals surface area contributed by atoms with Crippen LogP contribution < -0.4 is 5.32 Å². The van der Waals surface area contributed by atoms with Crippen LogP contribution in [-0.4, -0.2) is 21.7 Å². The fourth-order valence-electron chi connectivity index (χ4n) is 1.43. The van der Waals surface area contributed by atoms with E-state index in [0.29, 0.717) is 0 Å². The van der Waals surface area contributed by atoms with Crippen molar-refractivity contribution in [2.45, 2.75) is 13.3 Å². The average molecular weight is 214 g/mol. The van der Waals surface area contributed by atoms with Gasteiger partial charge in [0.25, 0.3) is 0 Å². The second kappa shape index (κ2) is 5.21. The molecule has 2 aromatic heterocycles. The molecule has 4 heteroatoms. The summed E-state index contributed by atoms with van der Waals surface area (Å²) in [6.07, 6.45) is 6.34. The molecule has 82 valence electrons. The van der Waals surface area contributed by atoms with Crippen molar-refractivity contribution in [1.82, 2.24) is 15.2 Å². The standard InChI is InChI=1S/C12H14N4/c1-10-7-12(16-15-8-10)14-6-4-11-3-2-5-13-9-11/h2-3,5,7-9H,4,6H2,1H3,(H,14,16). The van der Waals surface area contributed by atoms with Crippen LogP contribution in [0.1, 0.15) is 11.1 Å². The Balaban J connectivity index is 1.85. The third kappa shape index (κ3) is 3.02. The van der Waals surface area contributed by atoms with Gasteiger partial charge in [-0.3, -0.25) is 4.98 Å². The van der Waals surface area contributed by atoms with Gasteiger partial charge in [0.1, 0.15) is 5.82 Å². The second-order valence-corrected chi connectivity index (χ2v) is 3.66. The lowest BCUT2D eigenvalue weighted by Crippen LogP contribution is -2.07. The highest BCUT2D eigenvalue weighted by molar-refractivity contribution is 5.35. The number of anilines is 1. The lowest BCUT2D eigenvalue weighted by molar-refractivity contribution is 0.955. The van der Waals surface area contributed by atoms with Crippen molar-refractivity contribution in [3.05, 3.63) is 47.9 Å². The molecule has 0 fully saturated rings. The summed E-state index contributed by atoms with van der Waals surface area (Å²) < 4.78 is 0.